The van der Waals surface area contributed by atoms with Crippen LogP contribution in [0.4, 0.5) is 0 Å². The molecule has 0 unspecified atom stereocenters. The molecule has 0 fully saturated rings. The van der Waals surface area contributed by atoms with Crippen molar-refractivity contribution in [3.63, 3.8) is 0 Å². The molecule has 3 nitrogen and oxygen atoms in total. The molecule has 0 amide bonds. The summed E-state index contributed by atoms with van der Waals surface area (Å²) < 4.78 is 5.30. The number of ether oxygens (including phenoxy) is 1. The lowest BCUT2D eigenvalue weighted by Gasteiger charge is -2.10. The van der Waals surface area contributed by atoms with Crippen LogP contribution in [0.2, 0.25) is 0 Å². The van der Waals surface area contributed by atoms with Gasteiger partial charge in [-0.15, -0.1) is 0 Å². The highest BCUT2D eigenvalue weighted by atomic mass is 16.5. The van der Waals surface area contributed by atoms with E-state index in [1.165, 1.54) is 51.0 Å². The maximum atomic E-state index is 10.7. The van der Waals surface area contributed by atoms with Crippen molar-refractivity contribution < 1.29 is 14.6 Å². The maximum absolute atomic E-state index is 10.7. The average Bonchev–Trinajstić information content (AvgIpc) is 2.44. The molecule has 20 heavy (non-hydrogen) atoms. The molecule has 0 radical (unpaired) electrons. The zero-order valence-electron chi connectivity index (χ0n) is 12.6. The molecule has 0 aromatic heterocycles. The first-order chi connectivity index (χ1) is 9.63. The number of benzene rings is 1. The first-order valence-corrected chi connectivity index (χ1v) is 7.62. The Morgan fingerprint density at radius 1 is 1.10 bits per heavy atom. The molecular formula is C17H26O3. The van der Waals surface area contributed by atoms with Crippen LogP contribution in [0.5, 0.6) is 5.75 Å². The minimum Gasteiger partial charge on any atom is -0.479 e. The van der Waals surface area contributed by atoms with Crippen molar-refractivity contribution in [3.05, 3.63) is 29.8 Å². The van der Waals surface area contributed by atoms with E-state index >= 15 is 0 Å². The van der Waals surface area contributed by atoms with Gasteiger partial charge in [0.2, 0.25) is 0 Å². The Morgan fingerprint density at radius 2 is 1.70 bits per heavy atom. The van der Waals surface area contributed by atoms with Crippen molar-refractivity contribution in [2.24, 2.45) is 0 Å². The fourth-order valence-electron chi connectivity index (χ4n) is 2.10. The summed E-state index contributed by atoms with van der Waals surface area (Å²) in [6.45, 7) is 3.77. The quantitative estimate of drug-likeness (QED) is 0.643. The van der Waals surface area contributed by atoms with Gasteiger partial charge in [0, 0.05) is 0 Å². The third-order valence-corrected chi connectivity index (χ3v) is 3.40. The largest absolute Gasteiger partial charge is 0.479 e. The van der Waals surface area contributed by atoms with Crippen molar-refractivity contribution in [2.75, 3.05) is 0 Å². The van der Waals surface area contributed by atoms with Crippen molar-refractivity contribution >= 4 is 5.97 Å². The number of rotatable bonds is 10. The van der Waals surface area contributed by atoms with Gasteiger partial charge in [0.05, 0.1) is 0 Å². The van der Waals surface area contributed by atoms with Gasteiger partial charge >= 0.3 is 5.97 Å². The van der Waals surface area contributed by atoms with Gasteiger partial charge in [-0.1, -0.05) is 51.2 Å². The Kier molecular flexibility index (Phi) is 7.78. The SMILES string of the molecule is CCCCCCCCc1ccc(O[C@H](C)C(=O)O)cc1. The predicted molar refractivity (Wildman–Crippen MR) is 81.2 cm³/mol. The van der Waals surface area contributed by atoms with E-state index in [1.807, 2.05) is 24.3 Å². The number of carboxylic acids is 1. The summed E-state index contributed by atoms with van der Waals surface area (Å²) in [5.74, 6) is -0.326. The number of aliphatic carboxylic acids is 1. The molecule has 1 aromatic carbocycles. The van der Waals surface area contributed by atoms with Gasteiger partial charge in [-0.05, 0) is 37.5 Å². The van der Waals surface area contributed by atoms with Crippen LogP contribution in [-0.2, 0) is 11.2 Å². The molecule has 0 spiro atoms. The second-order valence-electron chi connectivity index (χ2n) is 5.26. The number of carboxylic acid groups (broad SMARTS) is 1. The molecule has 3 heteroatoms. The molecule has 1 aromatic rings. The number of hydrogen-bond donors (Lipinski definition) is 1. The molecular weight excluding hydrogens is 252 g/mol. The van der Waals surface area contributed by atoms with Gasteiger partial charge in [0.1, 0.15) is 5.75 Å². The fourth-order valence-corrected chi connectivity index (χ4v) is 2.10. The van der Waals surface area contributed by atoms with E-state index < -0.39 is 12.1 Å². The average molecular weight is 278 g/mol. The van der Waals surface area contributed by atoms with E-state index in [0.717, 1.165) is 6.42 Å². The summed E-state index contributed by atoms with van der Waals surface area (Å²) >= 11 is 0. The van der Waals surface area contributed by atoms with Crippen molar-refractivity contribution in [1.29, 1.82) is 0 Å². The Labute approximate surface area is 122 Å². The first-order valence-electron chi connectivity index (χ1n) is 7.62. The van der Waals surface area contributed by atoms with Crippen LogP contribution in [0.3, 0.4) is 0 Å². The van der Waals surface area contributed by atoms with Crippen LogP contribution in [0.25, 0.3) is 0 Å². The molecule has 112 valence electrons. The third-order valence-electron chi connectivity index (χ3n) is 3.40. The lowest BCUT2D eigenvalue weighted by molar-refractivity contribution is -0.144. The standard InChI is InChI=1S/C17H26O3/c1-3-4-5-6-7-8-9-15-10-12-16(13-11-15)20-14(2)17(18)19/h10-14H,3-9H2,1-2H3,(H,18,19)/t14-/m1/s1. The molecule has 0 aliphatic rings. The monoisotopic (exact) mass is 278 g/mol. The fraction of sp³-hybridized carbons (Fsp3) is 0.588. The van der Waals surface area contributed by atoms with Gasteiger partial charge in [-0.25, -0.2) is 4.79 Å². The highest BCUT2D eigenvalue weighted by molar-refractivity contribution is 5.72. The van der Waals surface area contributed by atoms with E-state index in [-0.39, 0.29) is 0 Å². The maximum Gasteiger partial charge on any atom is 0.344 e. The summed E-state index contributed by atoms with van der Waals surface area (Å²) in [6, 6.07) is 7.75. The smallest absolute Gasteiger partial charge is 0.344 e. The summed E-state index contributed by atoms with van der Waals surface area (Å²) in [5.41, 5.74) is 1.29. The summed E-state index contributed by atoms with van der Waals surface area (Å²) in [4.78, 5) is 10.7. The van der Waals surface area contributed by atoms with E-state index in [1.54, 1.807) is 0 Å². The van der Waals surface area contributed by atoms with Crippen LogP contribution in [0, 0.1) is 0 Å². The van der Waals surface area contributed by atoms with Crippen LogP contribution in [0.15, 0.2) is 24.3 Å². The zero-order chi connectivity index (χ0) is 14.8. The van der Waals surface area contributed by atoms with Gasteiger partial charge in [-0.3, -0.25) is 0 Å². The lowest BCUT2D eigenvalue weighted by Crippen LogP contribution is -2.22. The molecule has 1 atom stereocenters. The zero-order valence-corrected chi connectivity index (χ0v) is 12.6. The number of aryl methyl sites for hydroxylation is 1. The van der Waals surface area contributed by atoms with Gasteiger partial charge in [0.25, 0.3) is 0 Å². The number of unbranched alkanes of at least 4 members (excludes halogenated alkanes) is 5. The highest BCUT2D eigenvalue weighted by Gasteiger charge is 2.11. The second kappa shape index (κ2) is 9.40. The topological polar surface area (TPSA) is 46.5 Å². The second-order valence-corrected chi connectivity index (χ2v) is 5.26. The van der Waals surface area contributed by atoms with Crippen LogP contribution in [0.1, 0.15) is 57.9 Å². The normalized spacial score (nSPS) is 12.1. The Bertz CT molecular complexity index is 384. The van der Waals surface area contributed by atoms with E-state index in [2.05, 4.69) is 6.92 Å². The molecule has 0 aliphatic heterocycles. The first kappa shape index (κ1) is 16.5. The van der Waals surface area contributed by atoms with Crippen LogP contribution in [-0.4, -0.2) is 17.2 Å². The van der Waals surface area contributed by atoms with Crippen molar-refractivity contribution in [1.82, 2.24) is 0 Å². The molecule has 0 saturated heterocycles. The predicted octanol–water partition coefficient (Wildman–Crippen LogP) is 4.44. The molecule has 0 bridgehead atoms. The third kappa shape index (κ3) is 6.60. The van der Waals surface area contributed by atoms with Gasteiger partial charge in [0.15, 0.2) is 6.10 Å². The molecule has 0 aliphatic carbocycles. The van der Waals surface area contributed by atoms with Crippen LogP contribution >= 0.6 is 0 Å². The molecule has 1 N–H and O–H groups in total. The Hall–Kier alpha value is -1.51. The number of carbonyl (C=O) groups is 1. The van der Waals surface area contributed by atoms with Crippen molar-refractivity contribution in [3.8, 4) is 5.75 Å². The summed E-state index contributed by atoms with van der Waals surface area (Å²) in [6.07, 6.45) is 8.08. The minimum atomic E-state index is -0.943. The lowest BCUT2D eigenvalue weighted by atomic mass is 10.0. The minimum absolute atomic E-state index is 0.617. The molecule has 1 rings (SSSR count). The Morgan fingerprint density at radius 3 is 2.30 bits per heavy atom. The number of hydrogen-bond acceptors (Lipinski definition) is 2. The van der Waals surface area contributed by atoms with Gasteiger partial charge in [-0.2, -0.15) is 0 Å². The van der Waals surface area contributed by atoms with E-state index in [4.69, 9.17) is 9.84 Å². The summed E-state index contributed by atoms with van der Waals surface area (Å²) in [5, 5.41) is 8.78. The Balaban J connectivity index is 2.26. The van der Waals surface area contributed by atoms with E-state index in [9.17, 15) is 4.79 Å². The van der Waals surface area contributed by atoms with Crippen LogP contribution < -0.4 is 4.74 Å². The molecule has 0 saturated carbocycles. The van der Waals surface area contributed by atoms with Crippen molar-refractivity contribution in [2.45, 2.75) is 64.9 Å². The molecule has 0 heterocycles. The van der Waals surface area contributed by atoms with E-state index in [0.29, 0.717) is 5.75 Å². The van der Waals surface area contributed by atoms with Gasteiger partial charge < -0.3 is 9.84 Å². The highest BCUT2D eigenvalue weighted by Crippen LogP contribution is 2.16. The summed E-state index contributed by atoms with van der Waals surface area (Å²) in [7, 11) is 0.